The molecule has 0 aliphatic rings. The second-order valence-electron chi connectivity index (χ2n) is 3.36. The lowest BCUT2D eigenvalue weighted by Crippen LogP contribution is -2.20. The minimum atomic E-state index is -0.710. The Labute approximate surface area is 112 Å². The maximum atomic E-state index is 11.2. The molecule has 0 spiro atoms. The van der Waals surface area contributed by atoms with Gasteiger partial charge in [0, 0.05) is 5.56 Å². The lowest BCUT2D eigenvalue weighted by molar-refractivity contribution is 0.0700. The highest BCUT2D eigenvalue weighted by molar-refractivity contribution is 6.42. The normalized spacial score (nSPS) is 10.2. The van der Waals surface area contributed by atoms with Crippen LogP contribution in [-0.4, -0.2) is 21.1 Å². The summed E-state index contributed by atoms with van der Waals surface area (Å²) >= 11 is 11.7. The summed E-state index contributed by atoms with van der Waals surface area (Å²) in [5.74, 6) is -0.710. The fourth-order valence-electron chi connectivity index (χ4n) is 1.35. The van der Waals surface area contributed by atoms with E-state index in [1.807, 2.05) is 0 Å². The third-order valence-electron chi connectivity index (χ3n) is 2.22. The molecule has 18 heavy (non-hydrogen) atoms. The molecule has 0 aliphatic carbocycles. The van der Waals surface area contributed by atoms with E-state index in [1.54, 1.807) is 18.2 Å². The lowest BCUT2D eigenvalue weighted by Gasteiger charge is -2.04. The van der Waals surface area contributed by atoms with E-state index in [2.05, 4.69) is 9.97 Å². The Balaban J connectivity index is 2.44. The molecule has 0 radical (unpaired) electrons. The predicted octanol–water partition coefficient (Wildman–Crippen LogP) is 2.57. The van der Waals surface area contributed by atoms with Crippen molar-refractivity contribution < 1.29 is 10.0 Å². The van der Waals surface area contributed by atoms with E-state index in [4.69, 9.17) is 28.4 Å². The Bertz CT molecular complexity index is 605. The van der Waals surface area contributed by atoms with Crippen molar-refractivity contribution in [2.75, 3.05) is 0 Å². The van der Waals surface area contributed by atoms with Gasteiger partial charge < -0.3 is 0 Å². The topological polar surface area (TPSA) is 75.1 Å². The van der Waals surface area contributed by atoms with E-state index in [-0.39, 0.29) is 5.69 Å². The van der Waals surface area contributed by atoms with Crippen molar-refractivity contribution >= 4 is 29.1 Å². The molecule has 1 amide bonds. The number of hydrogen-bond acceptors (Lipinski definition) is 4. The summed E-state index contributed by atoms with van der Waals surface area (Å²) in [4.78, 5) is 19.0. The molecule has 2 aromatic rings. The van der Waals surface area contributed by atoms with Crippen LogP contribution < -0.4 is 5.48 Å². The molecule has 2 N–H and O–H groups in total. The van der Waals surface area contributed by atoms with Crippen molar-refractivity contribution in [2.24, 2.45) is 0 Å². The quantitative estimate of drug-likeness (QED) is 0.656. The highest BCUT2D eigenvalue weighted by Crippen LogP contribution is 2.27. The molecule has 0 unspecified atom stereocenters. The number of hydroxylamine groups is 1. The highest BCUT2D eigenvalue weighted by Gasteiger charge is 2.09. The van der Waals surface area contributed by atoms with Crippen molar-refractivity contribution in [1.82, 2.24) is 15.4 Å². The zero-order valence-corrected chi connectivity index (χ0v) is 10.4. The summed E-state index contributed by atoms with van der Waals surface area (Å²) in [5.41, 5.74) is 2.75. The molecule has 1 aromatic carbocycles. The molecule has 1 heterocycles. The van der Waals surface area contributed by atoms with E-state index < -0.39 is 5.91 Å². The summed E-state index contributed by atoms with van der Waals surface area (Å²) in [6, 6.07) is 6.42. The van der Waals surface area contributed by atoms with Crippen LogP contribution in [0.2, 0.25) is 10.0 Å². The first-order chi connectivity index (χ1) is 8.61. The van der Waals surface area contributed by atoms with Crippen LogP contribution >= 0.6 is 23.2 Å². The predicted molar refractivity (Wildman–Crippen MR) is 66.7 cm³/mol. The largest absolute Gasteiger partial charge is 0.293 e. The number of nitrogens with zero attached hydrogens (tertiary/aromatic N) is 2. The second-order valence-corrected chi connectivity index (χ2v) is 4.17. The Morgan fingerprint density at radius 3 is 2.61 bits per heavy atom. The average Bonchev–Trinajstić information content (AvgIpc) is 2.41. The summed E-state index contributed by atoms with van der Waals surface area (Å²) in [5, 5.41) is 9.35. The number of halogens is 2. The fraction of sp³-hybridized carbons (Fsp3) is 0. The van der Waals surface area contributed by atoms with E-state index in [9.17, 15) is 4.79 Å². The second kappa shape index (κ2) is 5.30. The van der Waals surface area contributed by atoms with Crippen LogP contribution in [-0.2, 0) is 0 Å². The van der Waals surface area contributed by atoms with Crippen LogP contribution in [0.5, 0.6) is 0 Å². The van der Waals surface area contributed by atoms with Crippen LogP contribution in [0.3, 0.4) is 0 Å². The fourth-order valence-corrected chi connectivity index (χ4v) is 1.65. The molecular weight excluding hydrogens is 277 g/mol. The van der Waals surface area contributed by atoms with Gasteiger partial charge in [-0.15, -0.1) is 0 Å². The van der Waals surface area contributed by atoms with Gasteiger partial charge in [-0.05, 0) is 18.2 Å². The molecule has 0 saturated carbocycles. The molecule has 0 bridgehead atoms. The Hall–Kier alpha value is -1.69. The summed E-state index contributed by atoms with van der Waals surface area (Å²) in [7, 11) is 0. The van der Waals surface area contributed by atoms with Gasteiger partial charge in [0.2, 0.25) is 0 Å². The smallest absolute Gasteiger partial charge is 0.288 e. The summed E-state index contributed by atoms with van der Waals surface area (Å²) < 4.78 is 0. The standard InChI is InChI=1S/C11H7Cl2N3O2/c12-7-2-1-6(3-8(7)13)9-4-10(11(17)16-18)15-5-14-9/h1-5,18H,(H,16,17). The molecule has 0 fully saturated rings. The molecule has 0 saturated heterocycles. The Morgan fingerprint density at radius 2 is 1.94 bits per heavy atom. The third-order valence-corrected chi connectivity index (χ3v) is 2.96. The SMILES string of the molecule is O=C(NO)c1cc(-c2ccc(Cl)c(Cl)c2)ncn1. The molecule has 2 rings (SSSR count). The van der Waals surface area contributed by atoms with E-state index in [0.29, 0.717) is 21.3 Å². The zero-order valence-electron chi connectivity index (χ0n) is 8.89. The van der Waals surface area contributed by atoms with Gasteiger partial charge in [-0.3, -0.25) is 10.0 Å². The van der Waals surface area contributed by atoms with Crippen molar-refractivity contribution in [3.8, 4) is 11.3 Å². The minimum absolute atomic E-state index is 0.0496. The first-order valence-corrected chi connectivity index (χ1v) is 5.59. The number of benzene rings is 1. The number of carbonyl (C=O) groups is 1. The van der Waals surface area contributed by atoms with Crippen molar-refractivity contribution in [3.05, 3.63) is 46.3 Å². The van der Waals surface area contributed by atoms with Gasteiger partial charge in [-0.2, -0.15) is 0 Å². The zero-order chi connectivity index (χ0) is 13.1. The molecule has 92 valence electrons. The van der Waals surface area contributed by atoms with Gasteiger partial charge in [0.15, 0.2) is 0 Å². The molecule has 0 aliphatic heterocycles. The van der Waals surface area contributed by atoms with E-state index in [0.717, 1.165) is 0 Å². The number of nitrogens with one attached hydrogen (secondary N) is 1. The Morgan fingerprint density at radius 1 is 1.17 bits per heavy atom. The number of carbonyl (C=O) groups excluding carboxylic acids is 1. The summed E-state index contributed by atoms with van der Waals surface area (Å²) in [6.45, 7) is 0. The van der Waals surface area contributed by atoms with Gasteiger partial charge >= 0.3 is 0 Å². The maximum Gasteiger partial charge on any atom is 0.293 e. The first-order valence-electron chi connectivity index (χ1n) is 4.83. The van der Waals surface area contributed by atoms with Crippen LogP contribution in [0.4, 0.5) is 0 Å². The highest BCUT2D eigenvalue weighted by atomic mass is 35.5. The lowest BCUT2D eigenvalue weighted by atomic mass is 10.1. The third kappa shape index (κ3) is 2.59. The van der Waals surface area contributed by atoms with Gasteiger partial charge in [-0.1, -0.05) is 29.3 Å². The molecule has 5 nitrogen and oxygen atoms in total. The van der Waals surface area contributed by atoms with Crippen molar-refractivity contribution in [2.45, 2.75) is 0 Å². The monoisotopic (exact) mass is 283 g/mol. The van der Waals surface area contributed by atoms with Gasteiger partial charge in [0.1, 0.15) is 12.0 Å². The first kappa shape index (κ1) is 12.8. The van der Waals surface area contributed by atoms with Gasteiger partial charge in [0.05, 0.1) is 15.7 Å². The molecule has 0 atom stereocenters. The van der Waals surface area contributed by atoms with Gasteiger partial charge in [-0.25, -0.2) is 15.4 Å². The molecule has 7 heteroatoms. The van der Waals surface area contributed by atoms with Crippen molar-refractivity contribution in [3.63, 3.8) is 0 Å². The minimum Gasteiger partial charge on any atom is -0.288 e. The van der Waals surface area contributed by atoms with Crippen LogP contribution in [0.15, 0.2) is 30.6 Å². The van der Waals surface area contributed by atoms with E-state index in [1.165, 1.54) is 17.9 Å². The number of hydrogen-bond donors (Lipinski definition) is 2. The van der Waals surface area contributed by atoms with Gasteiger partial charge in [0.25, 0.3) is 5.91 Å². The average molecular weight is 284 g/mol. The molecule has 1 aromatic heterocycles. The Kier molecular flexibility index (Phi) is 3.76. The van der Waals surface area contributed by atoms with Crippen molar-refractivity contribution in [1.29, 1.82) is 0 Å². The van der Waals surface area contributed by atoms with E-state index >= 15 is 0 Å². The molecular formula is C11H7Cl2N3O2. The number of aromatic nitrogens is 2. The van der Waals surface area contributed by atoms with Crippen LogP contribution in [0.1, 0.15) is 10.5 Å². The maximum absolute atomic E-state index is 11.2. The van der Waals surface area contributed by atoms with Crippen LogP contribution in [0.25, 0.3) is 11.3 Å². The van der Waals surface area contributed by atoms with Crippen LogP contribution in [0, 0.1) is 0 Å². The number of amides is 1. The number of rotatable bonds is 2. The summed E-state index contributed by atoms with van der Waals surface area (Å²) in [6.07, 6.45) is 1.22.